The maximum Gasteiger partial charge on any atom is 0.126 e. The molecule has 1 aliphatic rings. The highest BCUT2D eigenvalue weighted by Crippen LogP contribution is 2.14. The molecule has 1 aliphatic heterocycles. The van der Waals surface area contributed by atoms with Gasteiger partial charge >= 0.3 is 0 Å². The van der Waals surface area contributed by atoms with E-state index in [1.165, 1.54) is 6.42 Å². The van der Waals surface area contributed by atoms with Crippen LogP contribution in [0.2, 0.25) is 0 Å². The summed E-state index contributed by atoms with van der Waals surface area (Å²) in [7, 11) is 2.11. The summed E-state index contributed by atoms with van der Waals surface area (Å²) in [6.45, 7) is 4.76. The molecular formula is C13H20ClFN2. The molecule has 0 bridgehead atoms. The minimum absolute atomic E-state index is 0. The van der Waals surface area contributed by atoms with Crippen molar-refractivity contribution in [3.05, 3.63) is 35.1 Å². The fourth-order valence-electron chi connectivity index (χ4n) is 2.17. The van der Waals surface area contributed by atoms with Gasteiger partial charge in [-0.2, -0.15) is 0 Å². The van der Waals surface area contributed by atoms with Gasteiger partial charge in [0, 0.05) is 19.1 Å². The molecule has 1 fully saturated rings. The van der Waals surface area contributed by atoms with E-state index >= 15 is 0 Å². The number of benzene rings is 1. The average molecular weight is 259 g/mol. The normalized spacial score (nSPS) is 19.4. The van der Waals surface area contributed by atoms with Gasteiger partial charge in [-0.3, -0.25) is 4.90 Å². The summed E-state index contributed by atoms with van der Waals surface area (Å²) in [4.78, 5) is 2.30. The van der Waals surface area contributed by atoms with Crippen LogP contribution in [0.25, 0.3) is 0 Å². The molecule has 1 aromatic carbocycles. The van der Waals surface area contributed by atoms with Crippen LogP contribution in [-0.2, 0) is 6.54 Å². The number of hydrogen-bond donors (Lipinski definition) is 1. The number of nitrogens with zero attached hydrogens (tertiary/aromatic N) is 1. The minimum atomic E-state index is -0.101. The number of hydrogen-bond acceptors (Lipinski definition) is 2. The minimum Gasteiger partial charge on any atom is -0.315 e. The molecule has 0 aromatic heterocycles. The van der Waals surface area contributed by atoms with Crippen molar-refractivity contribution < 1.29 is 4.39 Å². The van der Waals surface area contributed by atoms with Gasteiger partial charge in [0.1, 0.15) is 5.82 Å². The Morgan fingerprint density at radius 1 is 1.47 bits per heavy atom. The molecule has 0 radical (unpaired) electrons. The summed E-state index contributed by atoms with van der Waals surface area (Å²) in [6.07, 6.45) is 1.19. The van der Waals surface area contributed by atoms with Crippen molar-refractivity contribution in [2.24, 2.45) is 0 Å². The Morgan fingerprint density at radius 2 is 2.24 bits per heavy atom. The lowest BCUT2D eigenvalue weighted by atomic mass is 10.1. The first kappa shape index (κ1) is 14.4. The molecule has 1 atom stereocenters. The van der Waals surface area contributed by atoms with Crippen molar-refractivity contribution in [1.82, 2.24) is 10.2 Å². The van der Waals surface area contributed by atoms with Gasteiger partial charge in [-0.25, -0.2) is 4.39 Å². The molecule has 1 heterocycles. The van der Waals surface area contributed by atoms with Gasteiger partial charge in [0.25, 0.3) is 0 Å². The summed E-state index contributed by atoms with van der Waals surface area (Å²) in [5.41, 5.74) is 1.77. The lowest BCUT2D eigenvalue weighted by Gasteiger charge is -2.23. The predicted octanol–water partition coefficient (Wildman–Crippen LogP) is 2.35. The quantitative estimate of drug-likeness (QED) is 0.895. The van der Waals surface area contributed by atoms with Crippen LogP contribution in [0.1, 0.15) is 17.5 Å². The number of rotatable bonds is 3. The lowest BCUT2D eigenvalue weighted by Crippen LogP contribution is -2.32. The Hall–Kier alpha value is -0.640. The molecular weight excluding hydrogens is 239 g/mol. The summed E-state index contributed by atoms with van der Waals surface area (Å²) >= 11 is 0. The third-order valence-corrected chi connectivity index (χ3v) is 3.33. The smallest absolute Gasteiger partial charge is 0.126 e. The maximum atomic E-state index is 13.4. The first-order valence-electron chi connectivity index (χ1n) is 5.83. The second-order valence-corrected chi connectivity index (χ2v) is 4.65. The van der Waals surface area contributed by atoms with Crippen molar-refractivity contribution >= 4 is 12.4 Å². The molecule has 1 saturated heterocycles. The summed E-state index contributed by atoms with van der Waals surface area (Å²) < 4.78 is 13.4. The molecule has 2 nitrogen and oxygen atoms in total. The summed E-state index contributed by atoms with van der Waals surface area (Å²) in [5, 5.41) is 3.34. The molecule has 1 aromatic rings. The lowest BCUT2D eigenvalue weighted by molar-refractivity contribution is 0.248. The van der Waals surface area contributed by atoms with Crippen LogP contribution in [0.3, 0.4) is 0 Å². The van der Waals surface area contributed by atoms with E-state index in [-0.39, 0.29) is 18.2 Å². The van der Waals surface area contributed by atoms with Crippen molar-refractivity contribution in [2.75, 3.05) is 20.1 Å². The zero-order valence-electron chi connectivity index (χ0n) is 10.4. The van der Waals surface area contributed by atoms with Crippen LogP contribution in [0.4, 0.5) is 4.39 Å². The maximum absolute atomic E-state index is 13.4. The van der Waals surface area contributed by atoms with Crippen molar-refractivity contribution in [1.29, 1.82) is 0 Å². The van der Waals surface area contributed by atoms with E-state index in [4.69, 9.17) is 0 Å². The van der Waals surface area contributed by atoms with Crippen LogP contribution >= 0.6 is 12.4 Å². The largest absolute Gasteiger partial charge is 0.315 e. The van der Waals surface area contributed by atoms with E-state index in [9.17, 15) is 4.39 Å². The Kier molecular flexibility index (Phi) is 5.37. The predicted molar refractivity (Wildman–Crippen MR) is 71.1 cm³/mol. The van der Waals surface area contributed by atoms with Gasteiger partial charge in [0.05, 0.1) is 0 Å². The molecule has 1 unspecified atom stereocenters. The van der Waals surface area contributed by atoms with Gasteiger partial charge < -0.3 is 5.32 Å². The number of aryl methyl sites for hydroxylation is 1. The monoisotopic (exact) mass is 258 g/mol. The van der Waals surface area contributed by atoms with Crippen molar-refractivity contribution in [3.8, 4) is 0 Å². The fraction of sp³-hybridized carbons (Fsp3) is 0.538. The van der Waals surface area contributed by atoms with Gasteiger partial charge in [-0.15, -0.1) is 12.4 Å². The molecule has 0 saturated carbocycles. The van der Waals surface area contributed by atoms with E-state index in [0.29, 0.717) is 11.6 Å². The van der Waals surface area contributed by atoms with Crippen molar-refractivity contribution in [2.45, 2.75) is 25.9 Å². The summed E-state index contributed by atoms with van der Waals surface area (Å²) in [5.74, 6) is -0.101. The van der Waals surface area contributed by atoms with Crippen LogP contribution < -0.4 is 5.32 Å². The Bertz CT molecular complexity index is 364. The van der Waals surface area contributed by atoms with Crippen LogP contribution in [0.15, 0.2) is 18.2 Å². The van der Waals surface area contributed by atoms with E-state index in [1.54, 1.807) is 13.0 Å². The molecule has 4 heteroatoms. The molecule has 17 heavy (non-hydrogen) atoms. The third kappa shape index (κ3) is 3.66. The molecule has 0 spiro atoms. The van der Waals surface area contributed by atoms with Crippen molar-refractivity contribution in [3.63, 3.8) is 0 Å². The first-order valence-corrected chi connectivity index (χ1v) is 5.83. The molecule has 96 valence electrons. The Labute approximate surface area is 109 Å². The van der Waals surface area contributed by atoms with E-state index in [0.717, 1.165) is 25.2 Å². The van der Waals surface area contributed by atoms with Gasteiger partial charge in [-0.1, -0.05) is 12.1 Å². The van der Waals surface area contributed by atoms with E-state index in [1.807, 2.05) is 12.1 Å². The molecule has 2 rings (SSSR count). The average Bonchev–Trinajstić information content (AvgIpc) is 2.77. The van der Waals surface area contributed by atoms with Crippen LogP contribution in [0.5, 0.6) is 0 Å². The zero-order valence-corrected chi connectivity index (χ0v) is 11.2. The Balaban J connectivity index is 0.00000144. The second-order valence-electron chi connectivity index (χ2n) is 4.65. The third-order valence-electron chi connectivity index (χ3n) is 3.33. The summed E-state index contributed by atoms with van der Waals surface area (Å²) in [6, 6.07) is 6.10. The van der Waals surface area contributed by atoms with Gasteiger partial charge in [0.15, 0.2) is 0 Å². The second kappa shape index (κ2) is 6.34. The van der Waals surface area contributed by atoms with E-state index < -0.39 is 0 Å². The fourth-order valence-corrected chi connectivity index (χ4v) is 2.17. The topological polar surface area (TPSA) is 15.3 Å². The highest BCUT2D eigenvalue weighted by atomic mass is 35.5. The highest BCUT2D eigenvalue weighted by molar-refractivity contribution is 5.85. The number of nitrogens with one attached hydrogen (secondary N) is 1. The number of halogens is 2. The molecule has 1 N–H and O–H groups in total. The molecule has 0 aliphatic carbocycles. The highest BCUT2D eigenvalue weighted by Gasteiger charge is 2.19. The van der Waals surface area contributed by atoms with Crippen LogP contribution in [0, 0.1) is 12.7 Å². The Morgan fingerprint density at radius 3 is 2.82 bits per heavy atom. The standard InChI is InChI=1S/C13H19FN2.ClH/c1-10-3-4-11(7-13(10)14)9-16(2)12-5-6-15-8-12;/h3-4,7,12,15H,5-6,8-9H2,1-2H3;1H. The van der Waals surface area contributed by atoms with Gasteiger partial charge in [-0.05, 0) is 44.1 Å². The molecule has 0 amide bonds. The van der Waals surface area contributed by atoms with E-state index in [2.05, 4.69) is 17.3 Å². The number of likely N-dealkylation sites (N-methyl/N-ethyl adjacent to an activating group) is 1. The zero-order chi connectivity index (χ0) is 11.5. The van der Waals surface area contributed by atoms with Gasteiger partial charge in [0.2, 0.25) is 0 Å². The first-order chi connectivity index (χ1) is 7.66. The van der Waals surface area contributed by atoms with Crippen LogP contribution in [-0.4, -0.2) is 31.1 Å². The SMILES string of the molecule is Cc1ccc(CN(C)C2CCNC2)cc1F.Cl.